The quantitative estimate of drug-likeness (QED) is 0.846. The van der Waals surface area contributed by atoms with Gasteiger partial charge in [-0.25, -0.2) is 4.39 Å². The summed E-state index contributed by atoms with van der Waals surface area (Å²) in [5, 5.41) is 3.24. The standard InChI is InChI=1S/C17H19BrFNO/c1-20-17(14-7-8-15(18)16(19)11-14)13-5-3-12(4-6-13)9-10-21-2/h3-8,11,17,20H,9-10H2,1-2H3. The van der Waals surface area contributed by atoms with Crippen LogP contribution in [0, 0.1) is 5.82 Å². The van der Waals surface area contributed by atoms with Gasteiger partial charge in [-0.05, 0) is 58.2 Å². The number of rotatable bonds is 6. The molecule has 0 fully saturated rings. The molecule has 2 rings (SSSR count). The van der Waals surface area contributed by atoms with E-state index >= 15 is 0 Å². The molecule has 21 heavy (non-hydrogen) atoms. The maximum atomic E-state index is 13.7. The second-order valence-electron chi connectivity index (χ2n) is 4.88. The van der Waals surface area contributed by atoms with Crippen LogP contribution in [0.5, 0.6) is 0 Å². The van der Waals surface area contributed by atoms with Crippen LogP contribution in [-0.4, -0.2) is 20.8 Å². The maximum absolute atomic E-state index is 13.7. The summed E-state index contributed by atoms with van der Waals surface area (Å²) in [6, 6.07) is 13.5. The van der Waals surface area contributed by atoms with Crippen LogP contribution in [0.4, 0.5) is 4.39 Å². The Hall–Kier alpha value is -1.23. The van der Waals surface area contributed by atoms with E-state index in [2.05, 4.69) is 45.5 Å². The largest absolute Gasteiger partial charge is 0.384 e. The van der Waals surface area contributed by atoms with Gasteiger partial charge in [-0.2, -0.15) is 0 Å². The van der Waals surface area contributed by atoms with Gasteiger partial charge in [-0.1, -0.05) is 30.3 Å². The van der Waals surface area contributed by atoms with Gasteiger partial charge in [0.15, 0.2) is 0 Å². The highest BCUT2D eigenvalue weighted by Crippen LogP contribution is 2.25. The van der Waals surface area contributed by atoms with Crippen molar-refractivity contribution in [2.75, 3.05) is 20.8 Å². The highest BCUT2D eigenvalue weighted by molar-refractivity contribution is 9.10. The van der Waals surface area contributed by atoms with Crippen LogP contribution in [-0.2, 0) is 11.2 Å². The Bertz CT molecular complexity index is 586. The minimum atomic E-state index is -0.246. The lowest BCUT2D eigenvalue weighted by atomic mass is 9.97. The van der Waals surface area contributed by atoms with Crippen LogP contribution in [0.2, 0.25) is 0 Å². The summed E-state index contributed by atoms with van der Waals surface area (Å²) >= 11 is 3.18. The van der Waals surface area contributed by atoms with Crippen LogP contribution >= 0.6 is 15.9 Å². The number of hydrogen-bond acceptors (Lipinski definition) is 2. The summed E-state index contributed by atoms with van der Waals surface area (Å²) in [7, 11) is 3.58. The molecule has 0 spiro atoms. The minimum absolute atomic E-state index is 0.0240. The first kappa shape index (κ1) is 16.1. The molecule has 0 bridgehead atoms. The average Bonchev–Trinajstić information content (AvgIpc) is 2.50. The summed E-state index contributed by atoms with van der Waals surface area (Å²) < 4.78 is 19.3. The van der Waals surface area contributed by atoms with Gasteiger partial charge in [-0.15, -0.1) is 0 Å². The molecule has 0 aliphatic carbocycles. The summed E-state index contributed by atoms with van der Waals surface area (Å²) in [4.78, 5) is 0. The maximum Gasteiger partial charge on any atom is 0.137 e. The Morgan fingerprint density at radius 1 is 1.14 bits per heavy atom. The van der Waals surface area contributed by atoms with Crippen molar-refractivity contribution in [1.82, 2.24) is 5.32 Å². The lowest BCUT2D eigenvalue weighted by molar-refractivity contribution is 0.202. The van der Waals surface area contributed by atoms with Gasteiger partial charge in [-0.3, -0.25) is 0 Å². The van der Waals surface area contributed by atoms with Crippen molar-refractivity contribution < 1.29 is 9.13 Å². The molecule has 0 amide bonds. The van der Waals surface area contributed by atoms with E-state index in [4.69, 9.17) is 4.74 Å². The number of halogens is 2. The zero-order valence-electron chi connectivity index (χ0n) is 12.2. The van der Waals surface area contributed by atoms with E-state index < -0.39 is 0 Å². The number of benzene rings is 2. The lowest BCUT2D eigenvalue weighted by Gasteiger charge is -2.18. The van der Waals surface area contributed by atoms with Crippen LogP contribution < -0.4 is 5.32 Å². The molecule has 0 heterocycles. The van der Waals surface area contributed by atoms with Gasteiger partial charge in [0.2, 0.25) is 0 Å². The van der Waals surface area contributed by atoms with E-state index in [1.165, 1.54) is 5.56 Å². The monoisotopic (exact) mass is 351 g/mol. The first-order chi connectivity index (χ1) is 10.2. The van der Waals surface area contributed by atoms with Crippen LogP contribution in [0.1, 0.15) is 22.7 Å². The predicted octanol–water partition coefficient (Wildman–Crippen LogP) is 4.09. The first-order valence-electron chi connectivity index (χ1n) is 6.85. The second-order valence-corrected chi connectivity index (χ2v) is 5.73. The molecule has 1 atom stereocenters. The van der Waals surface area contributed by atoms with Crippen molar-refractivity contribution in [3.05, 3.63) is 69.4 Å². The van der Waals surface area contributed by atoms with Crippen molar-refractivity contribution in [1.29, 1.82) is 0 Å². The molecular weight excluding hydrogens is 333 g/mol. The Kier molecular flexibility index (Phi) is 5.91. The van der Waals surface area contributed by atoms with Crippen LogP contribution in [0.3, 0.4) is 0 Å². The molecule has 2 aromatic rings. The van der Waals surface area contributed by atoms with Gasteiger partial charge >= 0.3 is 0 Å². The van der Waals surface area contributed by atoms with Gasteiger partial charge in [0, 0.05) is 7.11 Å². The van der Waals surface area contributed by atoms with Gasteiger partial charge in [0.1, 0.15) is 5.82 Å². The summed E-state index contributed by atoms with van der Waals surface area (Å²) in [5.74, 6) is -0.246. The van der Waals surface area contributed by atoms with Crippen molar-refractivity contribution in [3.63, 3.8) is 0 Å². The SMILES string of the molecule is CNC(c1ccc(CCOC)cc1)c1ccc(Br)c(F)c1. The van der Waals surface area contributed by atoms with Crippen molar-refractivity contribution >= 4 is 15.9 Å². The number of ether oxygens (including phenoxy) is 1. The average molecular weight is 352 g/mol. The van der Waals surface area contributed by atoms with Gasteiger partial charge in [0.05, 0.1) is 17.1 Å². The third-order valence-corrected chi connectivity index (χ3v) is 4.12. The fourth-order valence-electron chi connectivity index (χ4n) is 2.31. The topological polar surface area (TPSA) is 21.3 Å². The molecule has 1 unspecified atom stereocenters. The molecule has 0 aliphatic rings. The summed E-state index contributed by atoms with van der Waals surface area (Å²) in [6.07, 6.45) is 0.897. The van der Waals surface area contributed by atoms with Crippen LogP contribution in [0.15, 0.2) is 46.9 Å². The molecule has 0 aromatic heterocycles. The van der Waals surface area contributed by atoms with Crippen LogP contribution in [0.25, 0.3) is 0 Å². The zero-order chi connectivity index (χ0) is 15.2. The molecular formula is C17H19BrFNO. The Morgan fingerprint density at radius 3 is 2.38 bits per heavy atom. The summed E-state index contributed by atoms with van der Waals surface area (Å²) in [6.45, 7) is 0.715. The Labute approximate surface area is 133 Å². The molecule has 0 saturated carbocycles. The molecule has 0 radical (unpaired) electrons. The van der Waals surface area contributed by atoms with E-state index in [0.717, 1.165) is 17.5 Å². The normalized spacial score (nSPS) is 12.4. The Balaban J connectivity index is 2.22. The third-order valence-electron chi connectivity index (χ3n) is 3.47. The van der Waals surface area contributed by atoms with Gasteiger partial charge in [0.25, 0.3) is 0 Å². The van der Waals surface area contributed by atoms with E-state index in [9.17, 15) is 4.39 Å². The van der Waals surface area contributed by atoms with E-state index in [0.29, 0.717) is 11.1 Å². The number of nitrogens with one attached hydrogen (secondary N) is 1. The minimum Gasteiger partial charge on any atom is -0.384 e. The number of hydrogen-bond donors (Lipinski definition) is 1. The van der Waals surface area contributed by atoms with Crippen molar-refractivity contribution in [2.24, 2.45) is 0 Å². The molecule has 1 N–H and O–H groups in total. The molecule has 2 aromatic carbocycles. The molecule has 4 heteroatoms. The molecule has 0 saturated heterocycles. The number of methoxy groups -OCH3 is 1. The zero-order valence-corrected chi connectivity index (χ0v) is 13.8. The Morgan fingerprint density at radius 2 is 1.81 bits per heavy atom. The molecule has 0 aliphatic heterocycles. The molecule has 112 valence electrons. The molecule has 2 nitrogen and oxygen atoms in total. The van der Waals surface area contributed by atoms with Crippen molar-refractivity contribution in [2.45, 2.75) is 12.5 Å². The van der Waals surface area contributed by atoms with E-state index in [-0.39, 0.29) is 11.9 Å². The van der Waals surface area contributed by atoms with Gasteiger partial charge < -0.3 is 10.1 Å². The smallest absolute Gasteiger partial charge is 0.137 e. The van der Waals surface area contributed by atoms with Crippen molar-refractivity contribution in [3.8, 4) is 0 Å². The second kappa shape index (κ2) is 7.69. The van der Waals surface area contributed by atoms with E-state index in [1.807, 2.05) is 13.1 Å². The summed E-state index contributed by atoms with van der Waals surface area (Å²) in [5.41, 5.74) is 3.25. The predicted molar refractivity (Wildman–Crippen MR) is 87.0 cm³/mol. The third kappa shape index (κ3) is 4.13. The fourth-order valence-corrected chi connectivity index (χ4v) is 2.56. The highest BCUT2D eigenvalue weighted by Gasteiger charge is 2.13. The lowest BCUT2D eigenvalue weighted by Crippen LogP contribution is -2.17. The first-order valence-corrected chi connectivity index (χ1v) is 7.65. The van der Waals surface area contributed by atoms with E-state index in [1.54, 1.807) is 19.2 Å². The highest BCUT2D eigenvalue weighted by atomic mass is 79.9. The fraction of sp³-hybridized carbons (Fsp3) is 0.294.